The number of aryl methyl sites for hydroxylation is 3. The summed E-state index contributed by atoms with van der Waals surface area (Å²) in [6, 6.07) is 0. The molecule has 2 N–H and O–H groups in total. The van der Waals surface area contributed by atoms with Crippen LogP contribution < -0.4 is 10.6 Å². The number of guanidine groups is 1. The summed E-state index contributed by atoms with van der Waals surface area (Å²) in [6.07, 6.45) is 1.54. The summed E-state index contributed by atoms with van der Waals surface area (Å²) in [5, 5.41) is 11.6. The molecule has 0 spiro atoms. The second-order valence-corrected chi connectivity index (χ2v) is 5.61. The van der Waals surface area contributed by atoms with E-state index in [9.17, 15) is 0 Å². The van der Waals surface area contributed by atoms with Crippen LogP contribution in [0.15, 0.2) is 11.3 Å². The van der Waals surface area contributed by atoms with Crippen LogP contribution in [0.25, 0.3) is 0 Å². The van der Waals surface area contributed by atoms with Crippen molar-refractivity contribution in [3.05, 3.63) is 27.7 Å². The van der Waals surface area contributed by atoms with Gasteiger partial charge in [-0.15, -0.1) is 11.3 Å². The minimum Gasteiger partial charge on any atom is -0.351 e. The quantitative estimate of drug-likeness (QED) is 0.642. The molecule has 0 unspecified atom stereocenters. The van der Waals surface area contributed by atoms with E-state index >= 15 is 0 Å². The minimum atomic E-state index is 0.580. The zero-order chi connectivity index (χ0) is 14.5. The molecule has 0 aliphatic heterocycles. The Balaban J connectivity index is 1.87. The van der Waals surface area contributed by atoms with Crippen LogP contribution in [0.2, 0.25) is 0 Å². The lowest BCUT2D eigenvalue weighted by Crippen LogP contribution is -2.36. The standard InChI is InChI=1S/C12H19N7S/c1-8-10(20-9(2)18-8)5-14-12(13-3)15-6-11-16-7-17-19(11)4/h7H,5-6H2,1-4H3,(H2,13,14,15). The monoisotopic (exact) mass is 293 g/mol. The summed E-state index contributed by atoms with van der Waals surface area (Å²) in [7, 11) is 3.61. The zero-order valence-electron chi connectivity index (χ0n) is 12.1. The topological polar surface area (TPSA) is 80.0 Å². The van der Waals surface area contributed by atoms with Gasteiger partial charge in [-0.05, 0) is 13.8 Å². The fraction of sp³-hybridized carbons (Fsp3) is 0.500. The Morgan fingerprint density at radius 1 is 1.35 bits per heavy atom. The number of aliphatic imine (C=N–C) groups is 1. The van der Waals surface area contributed by atoms with Crippen LogP contribution in [-0.2, 0) is 20.1 Å². The predicted molar refractivity (Wildman–Crippen MR) is 79.6 cm³/mol. The summed E-state index contributed by atoms with van der Waals surface area (Å²) in [5.41, 5.74) is 1.07. The Morgan fingerprint density at radius 2 is 2.10 bits per heavy atom. The number of aromatic nitrogens is 4. The molecule has 0 radical (unpaired) electrons. The molecule has 20 heavy (non-hydrogen) atoms. The van der Waals surface area contributed by atoms with E-state index in [0.717, 1.165) is 29.0 Å². The van der Waals surface area contributed by atoms with E-state index in [2.05, 4.69) is 30.7 Å². The van der Waals surface area contributed by atoms with Crippen molar-refractivity contribution in [2.75, 3.05) is 7.05 Å². The smallest absolute Gasteiger partial charge is 0.191 e. The van der Waals surface area contributed by atoms with Crippen molar-refractivity contribution in [1.82, 2.24) is 30.4 Å². The average molecular weight is 293 g/mol. The summed E-state index contributed by atoms with van der Waals surface area (Å²) in [5.74, 6) is 1.59. The lowest BCUT2D eigenvalue weighted by molar-refractivity contribution is 0.673. The first-order chi connectivity index (χ1) is 9.60. The molecule has 0 aliphatic rings. The summed E-state index contributed by atoms with van der Waals surface area (Å²) in [4.78, 5) is 14.0. The van der Waals surface area contributed by atoms with Crippen molar-refractivity contribution in [2.24, 2.45) is 12.0 Å². The van der Waals surface area contributed by atoms with Crippen LogP contribution in [0.4, 0.5) is 0 Å². The number of hydrogen-bond donors (Lipinski definition) is 2. The highest BCUT2D eigenvalue weighted by atomic mass is 32.1. The molecule has 2 aromatic rings. The maximum absolute atomic E-state index is 4.41. The molecular formula is C12H19N7S. The SMILES string of the molecule is CN=C(NCc1sc(C)nc1C)NCc1ncnn1C. The van der Waals surface area contributed by atoms with Gasteiger partial charge in [-0.2, -0.15) is 5.10 Å². The van der Waals surface area contributed by atoms with Gasteiger partial charge in [0, 0.05) is 19.0 Å². The van der Waals surface area contributed by atoms with Gasteiger partial charge in [-0.25, -0.2) is 9.97 Å². The highest BCUT2D eigenvalue weighted by Crippen LogP contribution is 2.16. The van der Waals surface area contributed by atoms with Crippen molar-refractivity contribution in [1.29, 1.82) is 0 Å². The first-order valence-electron chi connectivity index (χ1n) is 6.30. The first kappa shape index (κ1) is 14.4. The maximum atomic E-state index is 4.41. The molecule has 7 nitrogen and oxygen atoms in total. The molecule has 0 atom stereocenters. The van der Waals surface area contributed by atoms with Crippen LogP contribution in [-0.4, -0.2) is 32.8 Å². The summed E-state index contributed by atoms with van der Waals surface area (Å²) >= 11 is 1.70. The third-order valence-corrected chi connectivity index (χ3v) is 3.93. The van der Waals surface area contributed by atoms with E-state index in [1.54, 1.807) is 23.1 Å². The first-order valence-corrected chi connectivity index (χ1v) is 7.12. The fourth-order valence-electron chi connectivity index (χ4n) is 1.77. The van der Waals surface area contributed by atoms with Crippen LogP contribution in [0.3, 0.4) is 0 Å². The normalized spacial score (nSPS) is 11.7. The van der Waals surface area contributed by atoms with Crippen molar-refractivity contribution < 1.29 is 0 Å². The van der Waals surface area contributed by atoms with Gasteiger partial charge in [0.05, 0.1) is 23.8 Å². The van der Waals surface area contributed by atoms with E-state index in [0.29, 0.717) is 6.54 Å². The Kier molecular flexibility index (Phi) is 4.67. The third kappa shape index (κ3) is 3.53. The van der Waals surface area contributed by atoms with E-state index in [1.807, 2.05) is 20.9 Å². The van der Waals surface area contributed by atoms with Gasteiger partial charge in [-0.3, -0.25) is 9.67 Å². The lowest BCUT2D eigenvalue weighted by Gasteiger charge is -2.10. The molecule has 0 aromatic carbocycles. The Bertz CT molecular complexity index is 599. The molecule has 0 amide bonds. The van der Waals surface area contributed by atoms with Gasteiger partial charge in [-0.1, -0.05) is 0 Å². The molecular weight excluding hydrogens is 274 g/mol. The molecule has 0 fully saturated rings. The lowest BCUT2D eigenvalue weighted by atomic mass is 10.4. The molecule has 2 heterocycles. The zero-order valence-corrected chi connectivity index (χ0v) is 13.0. The highest BCUT2D eigenvalue weighted by Gasteiger charge is 2.06. The largest absolute Gasteiger partial charge is 0.351 e. The number of hydrogen-bond acceptors (Lipinski definition) is 5. The second-order valence-electron chi connectivity index (χ2n) is 4.32. The van der Waals surface area contributed by atoms with Crippen molar-refractivity contribution >= 4 is 17.3 Å². The maximum Gasteiger partial charge on any atom is 0.191 e. The van der Waals surface area contributed by atoms with E-state index in [4.69, 9.17) is 0 Å². The van der Waals surface area contributed by atoms with Crippen molar-refractivity contribution in [2.45, 2.75) is 26.9 Å². The van der Waals surface area contributed by atoms with Crippen LogP contribution in [0.1, 0.15) is 21.4 Å². The van der Waals surface area contributed by atoms with Crippen molar-refractivity contribution in [3.8, 4) is 0 Å². The third-order valence-electron chi connectivity index (χ3n) is 2.86. The van der Waals surface area contributed by atoms with Gasteiger partial charge >= 0.3 is 0 Å². The van der Waals surface area contributed by atoms with Gasteiger partial charge in [0.15, 0.2) is 5.96 Å². The van der Waals surface area contributed by atoms with Gasteiger partial charge < -0.3 is 10.6 Å². The van der Waals surface area contributed by atoms with E-state index < -0.39 is 0 Å². The van der Waals surface area contributed by atoms with Gasteiger partial charge in [0.1, 0.15) is 12.2 Å². The molecule has 2 aromatic heterocycles. The van der Waals surface area contributed by atoms with Crippen LogP contribution in [0.5, 0.6) is 0 Å². The predicted octanol–water partition coefficient (Wildman–Crippen LogP) is 0.754. The highest BCUT2D eigenvalue weighted by molar-refractivity contribution is 7.11. The number of rotatable bonds is 4. The number of nitrogens with one attached hydrogen (secondary N) is 2. The van der Waals surface area contributed by atoms with E-state index in [1.165, 1.54) is 11.2 Å². The Hall–Kier alpha value is -1.96. The molecule has 108 valence electrons. The molecule has 2 rings (SSSR count). The molecule has 0 saturated heterocycles. The fourth-order valence-corrected chi connectivity index (χ4v) is 2.64. The summed E-state index contributed by atoms with van der Waals surface area (Å²) in [6.45, 7) is 5.34. The van der Waals surface area contributed by atoms with Crippen LogP contribution >= 0.6 is 11.3 Å². The molecule has 0 saturated carbocycles. The number of thiazole rings is 1. The molecule has 0 bridgehead atoms. The minimum absolute atomic E-state index is 0.580. The Labute approximate surface area is 122 Å². The molecule has 8 heteroatoms. The Morgan fingerprint density at radius 3 is 2.65 bits per heavy atom. The van der Waals surface area contributed by atoms with Crippen molar-refractivity contribution in [3.63, 3.8) is 0 Å². The average Bonchev–Trinajstić information content (AvgIpc) is 2.96. The van der Waals surface area contributed by atoms with Gasteiger partial charge in [0.25, 0.3) is 0 Å². The molecule has 0 aliphatic carbocycles. The second kappa shape index (κ2) is 6.47. The summed E-state index contributed by atoms with van der Waals surface area (Å²) < 4.78 is 1.73. The van der Waals surface area contributed by atoms with Gasteiger partial charge in [0.2, 0.25) is 0 Å². The van der Waals surface area contributed by atoms with Crippen LogP contribution in [0, 0.1) is 13.8 Å². The van der Waals surface area contributed by atoms with E-state index in [-0.39, 0.29) is 0 Å². The number of nitrogens with zero attached hydrogens (tertiary/aromatic N) is 5.